The van der Waals surface area contributed by atoms with Gasteiger partial charge in [0.1, 0.15) is 5.82 Å². The zero-order valence-corrected chi connectivity index (χ0v) is 20.0. The first-order chi connectivity index (χ1) is 16.0. The predicted octanol–water partition coefficient (Wildman–Crippen LogP) is 3.87. The van der Waals surface area contributed by atoms with Crippen LogP contribution in [0.4, 0.5) is 13.2 Å². The van der Waals surface area contributed by atoms with Gasteiger partial charge in [0.15, 0.2) is 0 Å². The molecule has 0 unspecified atom stereocenters. The fourth-order valence-electron chi connectivity index (χ4n) is 3.65. The van der Waals surface area contributed by atoms with Gasteiger partial charge in [0.05, 0.1) is 21.5 Å². The van der Waals surface area contributed by atoms with E-state index in [-0.39, 0.29) is 23.8 Å². The molecule has 0 bridgehead atoms. The third-order valence-corrected chi connectivity index (χ3v) is 7.68. The number of carbonyl (C=O) groups excluding carboxylic acids is 1. The van der Waals surface area contributed by atoms with E-state index in [1.54, 1.807) is 33.0 Å². The molecule has 1 amide bonds. The predicted molar refractivity (Wildman–Crippen MR) is 122 cm³/mol. The largest absolute Gasteiger partial charge is 0.416 e. The number of benzene rings is 2. The topological polar surface area (TPSA) is 84.3 Å². The van der Waals surface area contributed by atoms with Crippen LogP contribution in [0, 0.1) is 0 Å². The van der Waals surface area contributed by atoms with Crippen molar-refractivity contribution >= 4 is 27.0 Å². The van der Waals surface area contributed by atoms with Gasteiger partial charge < -0.3 is 9.88 Å². The van der Waals surface area contributed by atoms with Crippen LogP contribution in [0.5, 0.6) is 0 Å². The fraction of sp³-hybridized carbons (Fsp3) is 0.391. The standard InChI is InChI=1S/C23H27F3N4O3S/c1-4-30(5-2)34(32,33)18-10-11-20-19(14-18)28-21(29(20)3)12-13-22(31)27-15-16-6-8-17(9-7-16)23(24,25)26/h6-11,14H,4-5,12-13,15H2,1-3H3,(H,27,31). The van der Waals surface area contributed by atoms with Crippen LogP contribution in [0.1, 0.15) is 37.2 Å². The maximum atomic E-state index is 12.8. The van der Waals surface area contributed by atoms with Gasteiger partial charge in [0.2, 0.25) is 15.9 Å². The molecule has 1 aromatic heterocycles. The molecule has 3 aromatic rings. The minimum absolute atomic E-state index is 0.117. The van der Waals surface area contributed by atoms with Gasteiger partial charge in [0.25, 0.3) is 0 Å². The number of aryl methyl sites for hydroxylation is 2. The Labute approximate surface area is 196 Å². The van der Waals surface area contributed by atoms with Gasteiger partial charge in [-0.1, -0.05) is 26.0 Å². The van der Waals surface area contributed by atoms with Crippen molar-refractivity contribution in [1.29, 1.82) is 0 Å². The number of hydrogen-bond acceptors (Lipinski definition) is 4. The first kappa shape index (κ1) is 25.7. The molecule has 0 atom stereocenters. The summed E-state index contributed by atoms with van der Waals surface area (Å²) in [6, 6.07) is 9.42. The number of amides is 1. The number of carbonyl (C=O) groups is 1. The Hall–Kier alpha value is -2.92. The average molecular weight is 497 g/mol. The highest BCUT2D eigenvalue weighted by atomic mass is 32.2. The normalized spacial score (nSPS) is 12.4. The molecule has 0 aliphatic heterocycles. The molecule has 0 fully saturated rings. The van der Waals surface area contributed by atoms with Crippen molar-refractivity contribution in [2.75, 3.05) is 13.1 Å². The van der Waals surface area contributed by atoms with Crippen LogP contribution in [0.2, 0.25) is 0 Å². The van der Waals surface area contributed by atoms with Crippen molar-refractivity contribution in [2.24, 2.45) is 7.05 Å². The van der Waals surface area contributed by atoms with E-state index in [2.05, 4.69) is 10.3 Å². The third-order valence-electron chi connectivity index (χ3n) is 5.63. The first-order valence-corrected chi connectivity index (χ1v) is 12.3. The lowest BCUT2D eigenvalue weighted by Crippen LogP contribution is -2.30. The maximum Gasteiger partial charge on any atom is 0.416 e. The molecule has 1 heterocycles. The lowest BCUT2D eigenvalue weighted by molar-refractivity contribution is -0.137. The minimum atomic E-state index is -4.40. The van der Waals surface area contributed by atoms with Crippen LogP contribution in [-0.2, 0) is 41.0 Å². The van der Waals surface area contributed by atoms with E-state index in [0.29, 0.717) is 36.4 Å². The van der Waals surface area contributed by atoms with Crippen LogP contribution in [0.3, 0.4) is 0 Å². The van der Waals surface area contributed by atoms with Gasteiger partial charge in [-0.2, -0.15) is 17.5 Å². The monoisotopic (exact) mass is 496 g/mol. The number of rotatable bonds is 9. The average Bonchev–Trinajstić information content (AvgIpc) is 3.11. The highest BCUT2D eigenvalue weighted by Crippen LogP contribution is 2.29. The quantitative estimate of drug-likeness (QED) is 0.488. The van der Waals surface area contributed by atoms with Crippen LogP contribution < -0.4 is 5.32 Å². The minimum Gasteiger partial charge on any atom is -0.352 e. The van der Waals surface area contributed by atoms with Crippen molar-refractivity contribution < 1.29 is 26.4 Å². The van der Waals surface area contributed by atoms with E-state index in [9.17, 15) is 26.4 Å². The van der Waals surface area contributed by atoms with Crippen LogP contribution >= 0.6 is 0 Å². The summed E-state index contributed by atoms with van der Waals surface area (Å²) in [6.45, 7) is 4.41. The second-order valence-corrected chi connectivity index (χ2v) is 9.74. The summed E-state index contributed by atoms with van der Waals surface area (Å²) in [5.74, 6) is 0.355. The Morgan fingerprint density at radius 3 is 2.32 bits per heavy atom. The highest BCUT2D eigenvalue weighted by Gasteiger charge is 2.30. The second kappa shape index (κ2) is 10.1. The SMILES string of the molecule is CCN(CC)S(=O)(=O)c1ccc2c(c1)nc(CCC(=O)NCc1ccc(C(F)(F)F)cc1)n2C. The molecule has 7 nitrogen and oxygen atoms in total. The number of hydrogen-bond donors (Lipinski definition) is 1. The number of alkyl halides is 3. The number of sulfonamides is 1. The van der Waals surface area contributed by atoms with E-state index in [1.165, 1.54) is 22.5 Å². The Balaban J connectivity index is 1.65. The summed E-state index contributed by atoms with van der Waals surface area (Å²) in [7, 11) is -1.81. The molecule has 1 N–H and O–H groups in total. The van der Waals surface area contributed by atoms with Crippen LogP contribution in [0.15, 0.2) is 47.4 Å². The summed E-state index contributed by atoms with van der Waals surface area (Å²) in [5.41, 5.74) is 1.10. The Morgan fingerprint density at radius 1 is 1.09 bits per heavy atom. The molecule has 0 aliphatic carbocycles. The second-order valence-electron chi connectivity index (χ2n) is 7.80. The van der Waals surface area contributed by atoms with E-state index < -0.39 is 21.8 Å². The molecule has 11 heteroatoms. The van der Waals surface area contributed by atoms with Crippen LogP contribution in [0.25, 0.3) is 11.0 Å². The number of aromatic nitrogens is 2. The van der Waals surface area contributed by atoms with Crippen molar-refractivity contribution in [3.63, 3.8) is 0 Å². The zero-order valence-electron chi connectivity index (χ0n) is 19.2. The lowest BCUT2D eigenvalue weighted by atomic mass is 10.1. The maximum absolute atomic E-state index is 12.8. The summed E-state index contributed by atoms with van der Waals surface area (Å²) < 4.78 is 66.7. The molecular weight excluding hydrogens is 469 g/mol. The van der Waals surface area contributed by atoms with Gasteiger partial charge >= 0.3 is 6.18 Å². The molecule has 3 rings (SSSR count). The van der Waals surface area contributed by atoms with Gasteiger partial charge in [-0.15, -0.1) is 0 Å². The highest BCUT2D eigenvalue weighted by molar-refractivity contribution is 7.89. The van der Waals surface area contributed by atoms with Crippen LogP contribution in [-0.4, -0.2) is 41.3 Å². The van der Waals surface area contributed by atoms with Gasteiger partial charge in [0, 0.05) is 39.5 Å². The van der Waals surface area contributed by atoms with Gasteiger partial charge in [-0.25, -0.2) is 13.4 Å². The number of fused-ring (bicyclic) bond motifs is 1. The van der Waals surface area contributed by atoms with Crippen molar-refractivity contribution in [3.05, 3.63) is 59.4 Å². The molecule has 0 saturated carbocycles. The summed E-state index contributed by atoms with van der Waals surface area (Å²) in [5, 5.41) is 2.69. The molecule has 184 valence electrons. The number of nitrogens with one attached hydrogen (secondary N) is 1. The van der Waals surface area contributed by atoms with Crippen molar-refractivity contribution in [2.45, 2.75) is 44.3 Å². The Morgan fingerprint density at radius 2 is 1.74 bits per heavy atom. The lowest BCUT2D eigenvalue weighted by Gasteiger charge is -2.18. The molecular formula is C23H27F3N4O3S. The summed E-state index contributed by atoms with van der Waals surface area (Å²) in [6.07, 6.45) is -3.95. The zero-order chi connectivity index (χ0) is 25.1. The third kappa shape index (κ3) is 5.58. The van der Waals surface area contributed by atoms with Gasteiger partial charge in [-0.3, -0.25) is 4.79 Å². The van der Waals surface area contributed by atoms with Crippen molar-refractivity contribution in [1.82, 2.24) is 19.2 Å². The fourth-order valence-corrected chi connectivity index (χ4v) is 5.13. The molecule has 2 aromatic carbocycles. The van der Waals surface area contributed by atoms with Gasteiger partial charge in [-0.05, 0) is 35.9 Å². The molecule has 34 heavy (non-hydrogen) atoms. The smallest absolute Gasteiger partial charge is 0.352 e. The van der Waals surface area contributed by atoms with E-state index in [4.69, 9.17) is 0 Å². The Kier molecular flexibility index (Phi) is 7.67. The molecule has 0 aliphatic rings. The van der Waals surface area contributed by atoms with Crippen molar-refractivity contribution in [3.8, 4) is 0 Å². The summed E-state index contributed by atoms with van der Waals surface area (Å²) in [4.78, 5) is 16.9. The Bertz CT molecular complexity index is 1270. The first-order valence-electron chi connectivity index (χ1n) is 10.9. The summed E-state index contributed by atoms with van der Waals surface area (Å²) >= 11 is 0. The van der Waals surface area contributed by atoms with E-state index in [1.807, 2.05) is 4.57 Å². The number of nitrogens with zero attached hydrogens (tertiary/aromatic N) is 3. The molecule has 0 saturated heterocycles. The van der Waals surface area contributed by atoms with E-state index in [0.717, 1.165) is 17.6 Å². The number of halogens is 3. The molecule has 0 radical (unpaired) electrons. The van der Waals surface area contributed by atoms with E-state index >= 15 is 0 Å². The number of imidazole rings is 1. The molecule has 0 spiro atoms.